The minimum atomic E-state index is 0.538. The topological polar surface area (TPSA) is 74.6 Å². The fourth-order valence-corrected chi connectivity index (χ4v) is 7.71. The van der Waals surface area contributed by atoms with Crippen molar-refractivity contribution in [3.05, 3.63) is 158 Å². The van der Waals surface area contributed by atoms with Crippen molar-refractivity contribution in [3.63, 3.8) is 0 Å². The Morgan fingerprint density at radius 1 is 0.412 bits per heavy atom. The molecule has 7 heteroatoms. The molecule has 0 bridgehead atoms. The predicted molar refractivity (Wildman–Crippen MR) is 204 cm³/mol. The van der Waals surface area contributed by atoms with Gasteiger partial charge in [-0.05, 0) is 54.6 Å². The van der Waals surface area contributed by atoms with E-state index in [2.05, 4.69) is 118 Å². The van der Waals surface area contributed by atoms with Gasteiger partial charge in [0.05, 0.1) is 33.3 Å². The third-order valence-corrected chi connectivity index (χ3v) is 9.86. The highest BCUT2D eigenvalue weighted by Gasteiger charge is 2.22. The van der Waals surface area contributed by atoms with Crippen molar-refractivity contribution in [2.45, 2.75) is 0 Å². The van der Waals surface area contributed by atoms with Gasteiger partial charge in [-0.15, -0.1) is 0 Å². The number of aromatic nitrogens is 6. The lowest BCUT2D eigenvalue weighted by molar-refractivity contribution is 0.669. The summed E-state index contributed by atoms with van der Waals surface area (Å²) in [5, 5.41) is 5.35. The summed E-state index contributed by atoms with van der Waals surface area (Å²) in [6, 6.07) is 51.8. The van der Waals surface area contributed by atoms with Gasteiger partial charge in [-0.3, -0.25) is 9.55 Å². The Kier molecular flexibility index (Phi) is 5.83. The second-order valence-electron chi connectivity index (χ2n) is 12.7. The average Bonchev–Trinajstić information content (AvgIpc) is 3.86. The van der Waals surface area contributed by atoms with E-state index in [1.165, 1.54) is 0 Å². The van der Waals surface area contributed by atoms with E-state index in [0.29, 0.717) is 17.6 Å². The average molecular weight is 655 g/mol. The van der Waals surface area contributed by atoms with Crippen LogP contribution in [0.15, 0.2) is 162 Å². The molecule has 11 rings (SSSR count). The maximum absolute atomic E-state index is 6.31. The Hall–Kier alpha value is -7.12. The number of furan rings is 1. The molecule has 0 N–H and O–H groups in total. The Balaban J connectivity index is 1.25. The summed E-state index contributed by atoms with van der Waals surface area (Å²) in [7, 11) is 0. The van der Waals surface area contributed by atoms with Gasteiger partial charge in [-0.25, -0.2) is 4.98 Å². The first kappa shape index (κ1) is 27.8. The molecule has 5 heterocycles. The fourth-order valence-electron chi connectivity index (χ4n) is 7.71. The van der Waals surface area contributed by atoms with E-state index < -0.39 is 0 Å². The highest BCUT2D eigenvalue weighted by molar-refractivity contribution is 6.12. The van der Waals surface area contributed by atoms with Crippen LogP contribution in [-0.4, -0.2) is 29.1 Å². The van der Waals surface area contributed by atoms with E-state index >= 15 is 0 Å². The number of fused-ring (bicyclic) bond motifs is 9. The van der Waals surface area contributed by atoms with E-state index in [1.54, 1.807) is 0 Å². The summed E-state index contributed by atoms with van der Waals surface area (Å²) in [6.45, 7) is 0. The summed E-state index contributed by atoms with van der Waals surface area (Å²) >= 11 is 0. The van der Waals surface area contributed by atoms with Gasteiger partial charge < -0.3 is 8.98 Å². The Labute approximate surface area is 290 Å². The van der Waals surface area contributed by atoms with Crippen LogP contribution in [0.25, 0.3) is 100 Å². The van der Waals surface area contributed by atoms with Crippen LogP contribution in [-0.2, 0) is 0 Å². The zero-order valence-electron chi connectivity index (χ0n) is 27.1. The van der Waals surface area contributed by atoms with Crippen molar-refractivity contribution in [2.24, 2.45) is 0 Å². The summed E-state index contributed by atoms with van der Waals surface area (Å²) in [5.41, 5.74) is 9.38. The lowest BCUT2D eigenvalue weighted by Gasteiger charge is -2.15. The van der Waals surface area contributed by atoms with Gasteiger partial charge in [0.2, 0.25) is 5.95 Å². The van der Waals surface area contributed by atoms with Crippen molar-refractivity contribution in [1.82, 2.24) is 29.1 Å². The highest BCUT2D eigenvalue weighted by atomic mass is 16.3. The van der Waals surface area contributed by atoms with E-state index in [1.807, 2.05) is 48.7 Å². The largest absolute Gasteiger partial charge is 0.456 e. The van der Waals surface area contributed by atoms with E-state index in [-0.39, 0.29) is 0 Å². The maximum atomic E-state index is 6.31. The summed E-state index contributed by atoms with van der Waals surface area (Å²) < 4.78 is 10.7. The predicted octanol–water partition coefficient (Wildman–Crippen LogP) is 10.7. The summed E-state index contributed by atoms with van der Waals surface area (Å²) in [5.74, 6) is 1.66. The smallest absolute Gasteiger partial charge is 0.238 e. The molecule has 0 radical (unpaired) electrons. The second-order valence-corrected chi connectivity index (χ2v) is 12.7. The van der Waals surface area contributed by atoms with E-state index in [4.69, 9.17) is 24.4 Å². The molecule has 238 valence electrons. The Morgan fingerprint density at radius 2 is 0.980 bits per heavy atom. The molecule has 51 heavy (non-hydrogen) atoms. The maximum Gasteiger partial charge on any atom is 0.238 e. The quantitative estimate of drug-likeness (QED) is 0.189. The second kappa shape index (κ2) is 10.7. The molecule has 5 aromatic heterocycles. The molecular weight excluding hydrogens is 629 g/mol. The Morgan fingerprint density at radius 3 is 1.76 bits per heavy atom. The van der Waals surface area contributed by atoms with Crippen molar-refractivity contribution in [3.8, 4) is 34.4 Å². The standard InChI is InChI=1S/C44H26N6O/c1-6-19-33-27(13-1)28-14-2-7-20-34(28)50(33)44-47-42(46-43(48-44)32-18-11-25-39-40(32)31-17-5-10-24-38(31)51-39)30-16-4-9-22-36(30)49-35-21-8-3-15-29(35)41-37(49)23-12-26-45-41/h1-26H. The first-order valence-electron chi connectivity index (χ1n) is 16.9. The van der Waals surface area contributed by atoms with Crippen molar-refractivity contribution >= 4 is 65.7 Å². The van der Waals surface area contributed by atoms with Gasteiger partial charge in [0.1, 0.15) is 11.2 Å². The number of hydrogen-bond acceptors (Lipinski definition) is 5. The SMILES string of the molecule is c1ccc(-n2c3ccccc3c3ncccc32)c(-c2nc(-c3cccc4oc5ccccc5c34)nc(-n3c4ccccc4c4ccccc43)n2)c1. The number of para-hydroxylation sites is 5. The lowest BCUT2D eigenvalue weighted by atomic mass is 10.1. The first-order chi connectivity index (χ1) is 25.3. The molecule has 0 unspecified atom stereocenters. The van der Waals surface area contributed by atoms with Crippen LogP contribution in [0.4, 0.5) is 0 Å². The van der Waals surface area contributed by atoms with Gasteiger partial charge in [0.25, 0.3) is 0 Å². The molecule has 0 atom stereocenters. The zero-order chi connectivity index (χ0) is 33.5. The molecular formula is C44H26N6O. The molecule has 0 saturated carbocycles. The molecule has 0 spiro atoms. The number of rotatable bonds is 4. The summed E-state index contributed by atoms with van der Waals surface area (Å²) in [4.78, 5) is 20.7. The van der Waals surface area contributed by atoms with Crippen LogP contribution in [0, 0.1) is 0 Å². The third-order valence-electron chi connectivity index (χ3n) is 9.86. The lowest BCUT2D eigenvalue weighted by Crippen LogP contribution is -2.08. The first-order valence-corrected chi connectivity index (χ1v) is 16.9. The zero-order valence-corrected chi connectivity index (χ0v) is 27.1. The minimum absolute atomic E-state index is 0.538. The highest BCUT2D eigenvalue weighted by Crippen LogP contribution is 2.39. The molecule has 0 aliphatic carbocycles. The minimum Gasteiger partial charge on any atom is -0.456 e. The molecule has 0 amide bonds. The Bertz CT molecular complexity index is 3060. The molecule has 0 fully saturated rings. The van der Waals surface area contributed by atoms with Crippen LogP contribution >= 0.6 is 0 Å². The van der Waals surface area contributed by atoms with Gasteiger partial charge in [-0.1, -0.05) is 97.1 Å². The van der Waals surface area contributed by atoms with Gasteiger partial charge >= 0.3 is 0 Å². The van der Waals surface area contributed by atoms with Crippen molar-refractivity contribution in [2.75, 3.05) is 0 Å². The number of hydrogen-bond donors (Lipinski definition) is 0. The third kappa shape index (κ3) is 4.06. The normalized spacial score (nSPS) is 11.9. The molecule has 0 saturated heterocycles. The molecule has 0 aliphatic rings. The number of pyridine rings is 1. The summed E-state index contributed by atoms with van der Waals surface area (Å²) in [6.07, 6.45) is 1.85. The van der Waals surface area contributed by atoms with Crippen LogP contribution in [0.5, 0.6) is 0 Å². The number of benzene rings is 6. The number of nitrogens with zero attached hydrogens (tertiary/aromatic N) is 6. The van der Waals surface area contributed by atoms with Crippen LogP contribution in [0.2, 0.25) is 0 Å². The van der Waals surface area contributed by atoms with Gasteiger partial charge in [-0.2, -0.15) is 9.97 Å². The molecule has 6 aromatic carbocycles. The molecule has 0 aliphatic heterocycles. The van der Waals surface area contributed by atoms with Crippen molar-refractivity contribution in [1.29, 1.82) is 0 Å². The fraction of sp³-hybridized carbons (Fsp3) is 0. The van der Waals surface area contributed by atoms with Crippen LogP contribution < -0.4 is 0 Å². The monoisotopic (exact) mass is 654 g/mol. The van der Waals surface area contributed by atoms with E-state index in [9.17, 15) is 0 Å². The van der Waals surface area contributed by atoms with Crippen molar-refractivity contribution < 1.29 is 4.42 Å². The van der Waals surface area contributed by atoms with Crippen LogP contribution in [0.1, 0.15) is 0 Å². The van der Waals surface area contributed by atoms with Gasteiger partial charge in [0, 0.05) is 44.3 Å². The van der Waals surface area contributed by atoms with E-state index in [0.717, 1.165) is 82.5 Å². The van der Waals surface area contributed by atoms with Crippen LogP contribution in [0.3, 0.4) is 0 Å². The molecule has 11 aromatic rings. The molecule has 7 nitrogen and oxygen atoms in total. The van der Waals surface area contributed by atoms with Gasteiger partial charge in [0.15, 0.2) is 11.6 Å².